The lowest BCUT2D eigenvalue weighted by Gasteiger charge is -2.08. The molecule has 1 heterocycles. The van der Waals surface area contributed by atoms with Gasteiger partial charge in [-0.05, 0) is 31.0 Å². The molecule has 1 aromatic carbocycles. The van der Waals surface area contributed by atoms with Gasteiger partial charge < -0.3 is 10.6 Å². The summed E-state index contributed by atoms with van der Waals surface area (Å²) in [5, 5.41) is 5.98. The van der Waals surface area contributed by atoms with Crippen molar-refractivity contribution in [3.63, 3.8) is 0 Å². The molecule has 0 atom stereocenters. The Morgan fingerprint density at radius 1 is 1.05 bits per heavy atom. The third-order valence-electron chi connectivity index (χ3n) is 2.72. The van der Waals surface area contributed by atoms with Crippen molar-refractivity contribution in [2.45, 2.75) is 13.3 Å². The molecular formula is C14H16F2N4. The van der Waals surface area contributed by atoms with Crippen molar-refractivity contribution in [1.82, 2.24) is 9.97 Å². The first-order valence-corrected chi connectivity index (χ1v) is 6.29. The van der Waals surface area contributed by atoms with Crippen molar-refractivity contribution in [1.29, 1.82) is 0 Å². The number of aromatic nitrogens is 2. The van der Waals surface area contributed by atoms with Gasteiger partial charge in [-0.1, -0.05) is 0 Å². The van der Waals surface area contributed by atoms with Gasteiger partial charge in [-0.15, -0.1) is 0 Å². The Bertz CT molecular complexity index is 581. The molecule has 0 amide bonds. The average molecular weight is 278 g/mol. The lowest BCUT2D eigenvalue weighted by molar-refractivity contribution is 0.580. The number of nitrogens with zero attached hydrogens (tertiary/aromatic N) is 2. The fourth-order valence-corrected chi connectivity index (χ4v) is 1.86. The van der Waals surface area contributed by atoms with E-state index in [1.165, 1.54) is 12.1 Å². The highest BCUT2D eigenvalue weighted by atomic mass is 19.1. The molecule has 0 saturated carbocycles. The van der Waals surface area contributed by atoms with Crippen molar-refractivity contribution >= 4 is 11.8 Å². The summed E-state index contributed by atoms with van der Waals surface area (Å²) in [5.41, 5.74) is 1.44. The van der Waals surface area contributed by atoms with E-state index < -0.39 is 11.6 Å². The van der Waals surface area contributed by atoms with E-state index in [-0.39, 0.29) is 0 Å². The third-order valence-corrected chi connectivity index (χ3v) is 2.72. The largest absolute Gasteiger partial charge is 0.370 e. The maximum absolute atomic E-state index is 13.0. The second-order valence-corrected chi connectivity index (χ2v) is 4.42. The van der Waals surface area contributed by atoms with Gasteiger partial charge in [0.05, 0.1) is 0 Å². The van der Waals surface area contributed by atoms with Crippen LogP contribution in [0.4, 0.5) is 20.5 Å². The topological polar surface area (TPSA) is 49.8 Å². The van der Waals surface area contributed by atoms with Gasteiger partial charge in [-0.2, -0.15) is 4.98 Å². The molecule has 4 nitrogen and oxygen atoms in total. The Morgan fingerprint density at radius 3 is 2.40 bits per heavy atom. The molecule has 0 radical (unpaired) electrons. The zero-order valence-corrected chi connectivity index (χ0v) is 11.4. The highest BCUT2D eigenvalue weighted by Gasteiger charge is 2.02. The molecule has 0 bridgehead atoms. The molecule has 2 rings (SSSR count). The molecule has 0 saturated heterocycles. The maximum Gasteiger partial charge on any atom is 0.224 e. The number of benzene rings is 1. The van der Waals surface area contributed by atoms with Crippen LogP contribution in [0.25, 0.3) is 0 Å². The first-order chi connectivity index (χ1) is 9.56. The summed E-state index contributed by atoms with van der Waals surface area (Å²) in [6.45, 7) is 2.40. The minimum atomic E-state index is -0.560. The molecule has 0 fully saturated rings. The Balaban J connectivity index is 1.97. The van der Waals surface area contributed by atoms with Crippen LogP contribution in [0.15, 0.2) is 24.3 Å². The average Bonchev–Trinajstić information content (AvgIpc) is 2.37. The van der Waals surface area contributed by atoms with E-state index in [1.807, 2.05) is 13.0 Å². The van der Waals surface area contributed by atoms with Crippen molar-refractivity contribution in [3.05, 3.63) is 47.2 Å². The van der Waals surface area contributed by atoms with Crippen LogP contribution in [-0.4, -0.2) is 23.6 Å². The number of hydrogen-bond donors (Lipinski definition) is 2. The van der Waals surface area contributed by atoms with E-state index >= 15 is 0 Å². The second kappa shape index (κ2) is 6.27. The van der Waals surface area contributed by atoms with E-state index in [0.717, 1.165) is 11.8 Å². The quantitative estimate of drug-likeness (QED) is 0.883. The van der Waals surface area contributed by atoms with Gasteiger partial charge >= 0.3 is 0 Å². The first kappa shape index (κ1) is 14.2. The summed E-state index contributed by atoms with van der Waals surface area (Å²) in [4.78, 5) is 8.42. The van der Waals surface area contributed by atoms with Crippen molar-refractivity contribution in [2.24, 2.45) is 0 Å². The molecule has 0 aliphatic heterocycles. The highest BCUT2D eigenvalue weighted by molar-refractivity contribution is 5.42. The van der Waals surface area contributed by atoms with Gasteiger partial charge in [0.1, 0.15) is 17.5 Å². The third kappa shape index (κ3) is 3.88. The summed E-state index contributed by atoms with van der Waals surface area (Å²) >= 11 is 0. The lowest BCUT2D eigenvalue weighted by atomic mass is 10.1. The van der Waals surface area contributed by atoms with Crippen molar-refractivity contribution in [3.8, 4) is 0 Å². The smallest absolute Gasteiger partial charge is 0.224 e. The molecule has 0 aliphatic rings. The number of aryl methyl sites for hydroxylation is 1. The zero-order valence-electron chi connectivity index (χ0n) is 11.4. The predicted molar refractivity (Wildman–Crippen MR) is 74.9 cm³/mol. The molecule has 2 N–H and O–H groups in total. The molecule has 20 heavy (non-hydrogen) atoms. The van der Waals surface area contributed by atoms with Crippen LogP contribution < -0.4 is 10.6 Å². The van der Waals surface area contributed by atoms with Crippen LogP contribution in [-0.2, 0) is 6.42 Å². The Morgan fingerprint density at radius 2 is 1.75 bits per heavy atom. The van der Waals surface area contributed by atoms with E-state index in [0.29, 0.717) is 30.3 Å². The molecule has 0 unspecified atom stereocenters. The number of rotatable bonds is 5. The van der Waals surface area contributed by atoms with Crippen LogP contribution in [0.3, 0.4) is 0 Å². The van der Waals surface area contributed by atoms with Crippen molar-refractivity contribution in [2.75, 3.05) is 24.2 Å². The Labute approximate surface area is 116 Å². The van der Waals surface area contributed by atoms with Gasteiger partial charge in [0.25, 0.3) is 0 Å². The normalized spacial score (nSPS) is 10.4. The van der Waals surface area contributed by atoms with Gasteiger partial charge in [0, 0.05) is 31.4 Å². The molecule has 1 aromatic heterocycles. The monoisotopic (exact) mass is 278 g/mol. The van der Waals surface area contributed by atoms with Crippen LogP contribution in [0.1, 0.15) is 11.3 Å². The minimum Gasteiger partial charge on any atom is -0.370 e. The van der Waals surface area contributed by atoms with Gasteiger partial charge in [-0.25, -0.2) is 13.8 Å². The summed E-state index contributed by atoms with van der Waals surface area (Å²) < 4.78 is 26.1. The number of anilines is 2. The number of halogens is 2. The Kier molecular flexibility index (Phi) is 4.45. The van der Waals surface area contributed by atoms with Crippen LogP contribution in [0.5, 0.6) is 0 Å². The maximum atomic E-state index is 13.0. The van der Waals surface area contributed by atoms with Gasteiger partial charge in [-0.3, -0.25) is 0 Å². The molecular weight excluding hydrogens is 262 g/mol. The fourth-order valence-electron chi connectivity index (χ4n) is 1.86. The molecule has 6 heteroatoms. The summed E-state index contributed by atoms with van der Waals surface area (Å²) in [6, 6.07) is 5.33. The van der Waals surface area contributed by atoms with Crippen molar-refractivity contribution < 1.29 is 8.78 Å². The second-order valence-electron chi connectivity index (χ2n) is 4.42. The van der Waals surface area contributed by atoms with Gasteiger partial charge in [0.2, 0.25) is 5.95 Å². The Hall–Kier alpha value is -2.24. The lowest BCUT2D eigenvalue weighted by Crippen LogP contribution is -2.09. The molecule has 0 aliphatic carbocycles. The SMILES string of the molecule is CNc1nc(C)cc(NCCc2cc(F)cc(F)c2)n1. The van der Waals surface area contributed by atoms with Crippen LogP contribution in [0, 0.1) is 18.6 Å². The zero-order chi connectivity index (χ0) is 14.5. The number of nitrogens with one attached hydrogen (secondary N) is 2. The standard InChI is InChI=1S/C14H16F2N4/c1-9-5-13(20-14(17-2)19-9)18-4-3-10-6-11(15)8-12(16)7-10/h5-8H,3-4H2,1-2H3,(H2,17,18,19,20). The first-order valence-electron chi connectivity index (χ1n) is 6.29. The predicted octanol–water partition coefficient (Wildman–Crippen LogP) is 2.76. The molecule has 2 aromatic rings. The van der Waals surface area contributed by atoms with Gasteiger partial charge in [0.15, 0.2) is 0 Å². The molecule has 106 valence electrons. The fraction of sp³-hybridized carbons (Fsp3) is 0.286. The summed E-state index contributed by atoms with van der Waals surface area (Å²) in [7, 11) is 1.74. The van der Waals surface area contributed by atoms with E-state index in [2.05, 4.69) is 20.6 Å². The van der Waals surface area contributed by atoms with E-state index in [9.17, 15) is 8.78 Å². The minimum absolute atomic E-state index is 0.507. The molecule has 0 spiro atoms. The van der Waals surface area contributed by atoms with Crippen LogP contribution >= 0.6 is 0 Å². The summed E-state index contributed by atoms with van der Waals surface area (Å²) in [6.07, 6.45) is 0.507. The number of hydrogen-bond acceptors (Lipinski definition) is 4. The van der Waals surface area contributed by atoms with E-state index in [4.69, 9.17) is 0 Å². The highest BCUT2D eigenvalue weighted by Crippen LogP contribution is 2.11. The van der Waals surface area contributed by atoms with Crippen LogP contribution in [0.2, 0.25) is 0 Å². The van der Waals surface area contributed by atoms with E-state index in [1.54, 1.807) is 7.05 Å². The summed E-state index contributed by atoms with van der Waals surface area (Å²) in [5.74, 6) is 0.0914.